The smallest absolute Gasteiger partial charge is 0.128 e. The molecule has 0 aliphatic heterocycles. The summed E-state index contributed by atoms with van der Waals surface area (Å²) in [6.07, 6.45) is 2.51. The molecule has 4 nitrogen and oxygen atoms in total. The molecule has 0 aliphatic carbocycles. The van der Waals surface area contributed by atoms with Crippen molar-refractivity contribution in [2.24, 2.45) is 5.73 Å². The molecule has 3 rings (SSSR count). The van der Waals surface area contributed by atoms with Crippen LogP contribution in [0.2, 0.25) is 0 Å². The van der Waals surface area contributed by atoms with Crippen molar-refractivity contribution in [3.8, 4) is 0 Å². The molecule has 2 heterocycles. The van der Waals surface area contributed by atoms with Gasteiger partial charge in [-0.25, -0.2) is 4.39 Å². The molecule has 0 saturated carbocycles. The standard InChI is InChI=1S/C17H19FN4S/c1-10(19)7-15-11(2)16-17(23-15)14(9-21-22-16)20-8-12-5-3-4-6-13(12)18/h3-6,9-10H,7-8,19H2,1-2H3,(H,20,22)/t10-/m0/s1. The van der Waals surface area contributed by atoms with E-state index in [1.165, 1.54) is 10.9 Å². The van der Waals surface area contributed by atoms with E-state index >= 15 is 0 Å². The average molecular weight is 330 g/mol. The van der Waals surface area contributed by atoms with Crippen molar-refractivity contribution in [1.29, 1.82) is 0 Å². The number of aromatic nitrogens is 2. The minimum atomic E-state index is -0.210. The SMILES string of the molecule is Cc1c(C[C@H](C)N)sc2c(NCc3ccccc3F)cnnc12. The van der Waals surface area contributed by atoms with Crippen LogP contribution in [0.1, 0.15) is 22.9 Å². The summed E-state index contributed by atoms with van der Waals surface area (Å²) in [6.45, 7) is 4.45. The lowest BCUT2D eigenvalue weighted by Gasteiger charge is -2.07. The van der Waals surface area contributed by atoms with Gasteiger partial charge in [-0.3, -0.25) is 0 Å². The molecule has 0 saturated heterocycles. The van der Waals surface area contributed by atoms with Crippen LogP contribution in [-0.2, 0) is 13.0 Å². The summed E-state index contributed by atoms with van der Waals surface area (Å²) < 4.78 is 14.8. The van der Waals surface area contributed by atoms with E-state index in [1.54, 1.807) is 29.7 Å². The van der Waals surface area contributed by atoms with Gasteiger partial charge in [0.2, 0.25) is 0 Å². The Morgan fingerprint density at radius 3 is 2.87 bits per heavy atom. The fourth-order valence-corrected chi connectivity index (χ4v) is 3.87. The quantitative estimate of drug-likeness (QED) is 0.750. The van der Waals surface area contributed by atoms with Gasteiger partial charge in [0.15, 0.2) is 0 Å². The molecule has 0 amide bonds. The molecule has 2 aromatic heterocycles. The maximum Gasteiger partial charge on any atom is 0.128 e. The number of hydrogen-bond donors (Lipinski definition) is 2. The summed E-state index contributed by atoms with van der Waals surface area (Å²) in [4.78, 5) is 1.23. The second-order valence-electron chi connectivity index (χ2n) is 5.71. The van der Waals surface area contributed by atoms with Gasteiger partial charge >= 0.3 is 0 Å². The van der Waals surface area contributed by atoms with Gasteiger partial charge in [0, 0.05) is 23.0 Å². The summed E-state index contributed by atoms with van der Waals surface area (Å²) in [7, 11) is 0. The highest BCUT2D eigenvalue weighted by Crippen LogP contribution is 2.34. The lowest BCUT2D eigenvalue weighted by atomic mass is 10.1. The average Bonchev–Trinajstić information content (AvgIpc) is 2.83. The summed E-state index contributed by atoms with van der Waals surface area (Å²) in [5.74, 6) is -0.210. The third-order valence-electron chi connectivity index (χ3n) is 3.74. The first-order valence-corrected chi connectivity index (χ1v) is 8.34. The molecule has 0 radical (unpaired) electrons. The number of nitrogens with two attached hydrogens (primary N) is 1. The number of thiophene rings is 1. The molecule has 1 aromatic carbocycles. The Labute approximate surface area is 138 Å². The van der Waals surface area contributed by atoms with Crippen molar-refractivity contribution in [1.82, 2.24) is 10.2 Å². The Hall–Kier alpha value is -2.05. The van der Waals surface area contributed by atoms with E-state index in [0.29, 0.717) is 12.1 Å². The number of nitrogens with one attached hydrogen (secondary N) is 1. The van der Waals surface area contributed by atoms with Gasteiger partial charge in [-0.2, -0.15) is 5.10 Å². The highest BCUT2D eigenvalue weighted by molar-refractivity contribution is 7.19. The monoisotopic (exact) mass is 330 g/mol. The largest absolute Gasteiger partial charge is 0.378 e. The van der Waals surface area contributed by atoms with E-state index in [2.05, 4.69) is 15.5 Å². The lowest BCUT2D eigenvalue weighted by Crippen LogP contribution is -2.17. The first-order valence-electron chi connectivity index (χ1n) is 7.52. The predicted octanol–water partition coefficient (Wildman–Crippen LogP) is 3.64. The Balaban J connectivity index is 1.90. The Kier molecular flexibility index (Phi) is 4.54. The maximum absolute atomic E-state index is 13.7. The first kappa shape index (κ1) is 15.8. The van der Waals surface area contributed by atoms with Crippen LogP contribution < -0.4 is 11.1 Å². The highest BCUT2D eigenvalue weighted by Gasteiger charge is 2.14. The Bertz CT molecular complexity index is 829. The molecule has 3 aromatic rings. The molecule has 23 heavy (non-hydrogen) atoms. The van der Waals surface area contributed by atoms with Crippen LogP contribution >= 0.6 is 11.3 Å². The number of nitrogens with zero attached hydrogens (tertiary/aromatic N) is 2. The van der Waals surface area contributed by atoms with Crippen molar-refractivity contribution in [2.75, 3.05) is 5.32 Å². The van der Waals surface area contributed by atoms with Gasteiger partial charge < -0.3 is 11.1 Å². The van der Waals surface area contributed by atoms with Gasteiger partial charge in [0.25, 0.3) is 0 Å². The molecule has 3 N–H and O–H groups in total. The zero-order valence-electron chi connectivity index (χ0n) is 13.1. The normalized spacial score (nSPS) is 12.5. The second kappa shape index (κ2) is 6.60. The van der Waals surface area contributed by atoms with Crippen molar-refractivity contribution in [3.63, 3.8) is 0 Å². The molecule has 0 spiro atoms. The molecule has 0 aliphatic rings. The van der Waals surface area contributed by atoms with E-state index in [0.717, 1.165) is 27.9 Å². The first-order chi connectivity index (χ1) is 11.1. The van der Waals surface area contributed by atoms with Crippen molar-refractivity contribution < 1.29 is 4.39 Å². The van der Waals surface area contributed by atoms with Gasteiger partial charge in [-0.05, 0) is 31.9 Å². The third kappa shape index (κ3) is 3.33. The summed E-state index contributed by atoms with van der Waals surface area (Å²) >= 11 is 1.68. The number of benzene rings is 1. The van der Waals surface area contributed by atoms with Gasteiger partial charge in [0.05, 0.1) is 16.6 Å². The molecule has 120 valence electrons. The summed E-state index contributed by atoms with van der Waals surface area (Å²) in [5, 5.41) is 11.6. The van der Waals surface area contributed by atoms with Crippen molar-refractivity contribution in [3.05, 3.63) is 52.3 Å². The maximum atomic E-state index is 13.7. The topological polar surface area (TPSA) is 63.8 Å². The molecule has 6 heteroatoms. The number of halogens is 1. The van der Waals surface area contributed by atoms with Gasteiger partial charge in [-0.1, -0.05) is 18.2 Å². The van der Waals surface area contributed by atoms with E-state index < -0.39 is 0 Å². The lowest BCUT2D eigenvalue weighted by molar-refractivity contribution is 0.613. The molecule has 0 unspecified atom stereocenters. The van der Waals surface area contributed by atoms with E-state index in [-0.39, 0.29) is 11.9 Å². The van der Waals surface area contributed by atoms with Crippen LogP contribution in [0.5, 0.6) is 0 Å². The summed E-state index contributed by atoms with van der Waals surface area (Å²) in [6, 6.07) is 6.86. The van der Waals surface area contributed by atoms with E-state index in [4.69, 9.17) is 5.73 Å². The molecule has 0 bridgehead atoms. The molecule has 1 atom stereocenters. The second-order valence-corrected chi connectivity index (χ2v) is 6.82. The van der Waals surface area contributed by atoms with Crippen molar-refractivity contribution in [2.45, 2.75) is 32.9 Å². The molecular weight excluding hydrogens is 311 g/mol. The number of aryl methyl sites for hydroxylation is 1. The minimum Gasteiger partial charge on any atom is -0.378 e. The van der Waals surface area contributed by atoms with Gasteiger partial charge in [0.1, 0.15) is 11.3 Å². The van der Waals surface area contributed by atoms with Crippen molar-refractivity contribution >= 4 is 27.2 Å². The molecule has 0 fully saturated rings. The summed E-state index contributed by atoms with van der Waals surface area (Å²) in [5.41, 5.74) is 9.44. The minimum absolute atomic E-state index is 0.101. The van der Waals surface area contributed by atoms with Gasteiger partial charge in [-0.15, -0.1) is 16.4 Å². The van der Waals surface area contributed by atoms with Crippen LogP contribution in [0, 0.1) is 12.7 Å². The number of fused-ring (bicyclic) bond motifs is 1. The van der Waals surface area contributed by atoms with E-state index in [1.807, 2.05) is 19.9 Å². The highest BCUT2D eigenvalue weighted by atomic mass is 32.1. The fourth-order valence-electron chi connectivity index (χ4n) is 2.50. The Morgan fingerprint density at radius 1 is 1.35 bits per heavy atom. The van der Waals surface area contributed by atoms with Crippen LogP contribution in [0.15, 0.2) is 30.5 Å². The molecular formula is C17H19FN4S. The zero-order valence-corrected chi connectivity index (χ0v) is 14.0. The van der Waals surface area contributed by atoms with Crippen LogP contribution in [0.3, 0.4) is 0 Å². The van der Waals surface area contributed by atoms with Crippen LogP contribution in [0.25, 0.3) is 10.2 Å². The fraction of sp³-hybridized carbons (Fsp3) is 0.294. The van der Waals surface area contributed by atoms with Crippen LogP contribution in [-0.4, -0.2) is 16.2 Å². The number of hydrogen-bond acceptors (Lipinski definition) is 5. The van der Waals surface area contributed by atoms with Crippen LogP contribution in [0.4, 0.5) is 10.1 Å². The zero-order chi connectivity index (χ0) is 16.4. The number of rotatable bonds is 5. The third-order valence-corrected chi connectivity index (χ3v) is 5.07. The number of anilines is 1. The Morgan fingerprint density at radius 2 is 2.13 bits per heavy atom. The predicted molar refractivity (Wildman–Crippen MR) is 93.2 cm³/mol. The van der Waals surface area contributed by atoms with E-state index in [9.17, 15) is 4.39 Å².